The van der Waals surface area contributed by atoms with E-state index in [1.165, 1.54) is 0 Å². The van der Waals surface area contributed by atoms with Crippen molar-refractivity contribution in [3.8, 4) is 0 Å². The third kappa shape index (κ3) is 3.96. The third-order valence-corrected chi connectivity index (χ3v) is 2.93. The molecule has 19 heavy (non-hydrogen) atoms. The number of aliphatic imine (C=N–C) groups is 1. The van der Waals surface area contributed by atoms with Crippen molar-refractivity contribution in [2.24, 2.45) is 10.7 Å². The number of aliphatic carboxylic acids is 1. The Kier molecular flexibility index (Phi) is 4.35. The van der Waals surface area contributed by atoms with E-state index >= 15 is 0 Å². The average molecular weight is 262 g/mol. The number of nitrogens with zero attached hydrogens (tertiary/aromatic N) is 1. The van der Waals surface area contributed by atoms with E-state index in [0.29, 0.717) is 13.0 Å². The molecule has 5 N–H and O–H groups in total. The smallest absolute Gasteiger partial charge is 0.320 e. The molecule has 0 fully saturated rings. The van der Waals surface area contributed by atoms with Gasteiger partial charge in [-0.3, -0.25) is 9.79 Å². The van der Waals surface area contributed by atoms with Gasteiger partial charge in [0.25, 0.3) is 0 Å². The summed E-state index contributed by atoms with van der Waals surface area (Å²) in [6.07, 6.45) is 0.345. The van der Waals surface area contributed by atoms with E-state index in [9.17, 15) is 4.79 Å². The van der Waals surface area contributed by atoms with Crippen LogP contribution in [0.15, 0.2) is 29.3 Å². The molecule has 6 nitrogen and oxygen atoms in total. The number of nitrogens with two attached hydrogens (primary N) is 1. The number of nitrogens with one attached hydrogen (secondary N) is 2. The SMILES string of the molecule is N[C@H](Cc1ccc(CNC2=NCCN2)cc1)C(=O)O. The zero-order valence-electron chi connectivity index (χ0n) is 10.6. The molecule has 1 atom stereocenters. The second-order valence-corrected chi connectivity index (χ2v) is 4.48. The molecule has 1 aliphatic heterocycles. The lowest BCUT2D eigenvalue weighted by Gasteiger charge is -2.09. The van der Waals surface area contributed by atoms with Crippen molar-refractivity contribution < 1.29 is 9.90 Å². The molecular weight excluding hydrogens is 244 g/mol. The van der Waals surface area contributed by atoms with Gasteiger partial charge >= 0.3 is 5.97 Å². The molecule has 0 saturated carbocycles. The van der Waals surface area contributed by atoms with Crippen LogP contribution in [0.5, 0.6) is 0 Å². The van der Waals surface area contributed by atoms with Gasteiger partial charge in [-0.05, 0) is 17.5 Å². The van der Waals surface area contributed by atoms with E-state index in [1.807, 2.05) is 24.3 Å². The summed E-state index contributed by atoms with van der Waals surface area (Å²) in [5, 5.41) is 15.1. The highest BCUT2D eigenvalue weighted by molar-refractivity contribution is 5.81. The molecule has 0 spiro atoms. The zero-order chi connectivity index (χ0) is 13.7. The second-order valence-electron chi connectivity index (χ2n) is 4.48. The van der Waals surface area contributed by atoms with Crippen LogP contribution in [0.1, 0.15) is 11.1 Å². The van der Waals surface area contributed by atoms with Gasteiger partial charge in [-0.1, -0.05) is 24.3 Å². The minimum absolute atomic E-state index is 0.345. The van der Waals surface area contributed by atoms with Crippen molar-refractivity contribution >= 4 is 11.9 Å². The molecule has 102 valence electrons. The molecule has 0 aromatic heterocycles. The lowest BCUT2D eigenvalue weighted by molar-refractivity contribution is -0.138. The molecule has 1 aromatic carbocycles. The molecule has 0 saturated heterocycles. The third-order valence-electron chi connectivity index (χ3n) is 2.93. The predicted octanol–water partition coefficient (Wildman–Crippen LogP) is -0.310. The minimum Gasteiger partial charge on any atom is -0.480 e. The van der Waals surface area contributed by atoms with E-state index in [1.54, 1.807) is 0 Å². The topological polar surface area (TPSA) is 99.7 Å². The number of carboxylic acids is 1. The van der Waals surface area contributed by atoms with Gasteiger partial charge in [0.2, 0.25) is 0 Å². The van der Waals surface area contributed by atoms with Gasteiger partial charge < -0.3 is 21.5 Å². The fourth-order valence-electron chi connectivity index (χ4n) is 1.84. The van der Waals surface area contributed by atoms with Crippen LogP contribution < -0.4 is 16.4 Å². The quantitative estimate of drug-likeness (QED) is 0.583. The maximum Gasteiger partial charge on any atom is 0.320 e. The van der Waals surface area contributed by atoms with Crippen molar-refractivity contribution in [1.29, 1.82) is 0 Å². The largest absolute Gasteiger partial charge is 0.480 e. The molecule has 0 bridgehead atoms. The molecule has 2 rings (SSSR count). The Morgan fingerprint density at radius 3 is 2.68 bits per heavy atom. The Morgan fingerprint density at radius 2 is 2.11 bits per heavy atom. The van der Waals surface area contributed by atoms with Crippen LogP contribution in [0.3, 0.4) is 0 Å². The van der Waals surface area contributed by atoms with Crippen LogP contribution in [0, 0.1) is 0 Å². The second kappa shape index (κ2) is 6.19. The van der Waals surface area contributed by atoms with E-state index < -0.39 is 12.0 Å². The number of rotatable bonds is 5. The molecule has 0 amide bonds. The van der Waals surface area contributed by atoms with Crippen LogP contribution >= 0.6 is 0 Å². The van der Waals surface area contributed by atoms with Gasteiger partial charge in [0.1, 0.15) is 6.04 Å². The zero-order valence-corrected chi connectivity index (χ0v) is 10.6. The lowest BCUT2D eigenvalue weighted by atomic mass is 10.0. The number of guanidine groups is 1. The van der Waals surface area contributed by atoms with Crippen molar-refractivity contribution in [1.82, 2.24) is 10.6 Å². The van der Waals surface area contributed by atoms with Crippen molar-refractivity contribution in [2.45, 2.75) is 19.0 Å². The van der Waals surface area contributed by atoms with E-state index in [-0.39, 0.29) is 0 Å². The van der Waals surface area contributed by atoms with Gasteiger partial charge in [0, 0.05) is 13.1 Å². The monoisotopic (exact) mass is 262 g/mol. The molecule has 1 heterocycles. The summed E-state index contributed by atoms with van der Waals surface area (Å²) in [6, 6.07) is 6.90. The van der Waals surface area contributed by atoms with Gasteiger partial charge in [-0.25, -0.2) is 0 Å². The fourth-order valence-corrected chi connectivity index (χ4v) is 1.84. The molecule has 0 unspecified atom stereocenters. The lowest BCUT2D eigenvalue weighted by Crippen LogP contribution is -2.33. The summed E-state index contributed by atoms with van der Waals surface area (Å²) in [7, 11) is 0. The van der Waals surface area contributed by atoms with Crippen molar-refractivity contribution in [3.05, 3.63) is 35.4 Å². The molecular formula is C13H18N4O2. The standard InChI is InChI=1S/C13H18N4O2/c14-11(12(18)19)7-9-1-3-10(4-2-9)8-17-13-15-5-6-16-13/h1-4,11H,5-8,14H2,(H,18,19)(H2,15,16,17)/t11-/m1/s1. The number of hydrogen-bond donors (Lipinski definition) is 4. The van der Waals surface area contributed by atoms with Gasteiger partial charge in [0.15, 0.2) is 5.96 Å². The normalized spacial score (nSPS) is 15.5. The minimum atomic E-state index is -0.976. The first-order valence-corrected chi connectivity index (χ1v) is 6.23. The number of benzene rings is 1. The maximum atomic E-state index is 10.7. The summed E-state index contributed by atoms with van der Waals surface area (Å²) in [4.78, 5) is 14.9. The van der Waals surface area contributed by atoms with Crippen molar-refractivity contribution in [2.75, 3.05) is 13.1 Å². The molecule has 0 aliphatic carbocycles. The predicted molar refractivity (Wildman–Crippen MR) is 72.9 cm³/mol. The van der Waals surface area contributed by atoms with Crippen LogP contribution in [0.4, 0.5) is 0 Å². The Morgan fingerprint density at radius 1 is 1.42 bits per heavy atom. The Bertz CT molecular complexity index is 470. The summed E-state index contributed by atoms with van der Waals surface area (Å²) >= 11 is 0. The first kappa shape index (κ1) is 13.4. The molecule has 1 aliphatic rings. The highest BCUT2D eigenvalue weighted by atomic mass is 16.4. The average Bonchev–Trinajstić information content (AvgIpc) is 2.91. The van der Waals surface area contributed by atoms with Gasteiger partial charge in [-0.15, -0.1) is 0 Å². The Hall–Kier alpha value is -2.08. The first-order chi connectivity index (χ1) is 9.15. The Balaban J connectivity index is 1.85. The van der Waals surface area contributed by atoms with Gasteiger partial charge in [0.05, 0.1) is 6.54 Å². The Labute approximate surface area is 111 Å². The van der Waals surface area contributed by atoms with E-state index in [4.69, 9.17) is 10.8 Å². The van der Waals surface area contributed by atoms with Gasteiger partial charge in [-0.2, -0.15) is 0 Å². The van der Waals surface area contributed by atoms with Crippen molar-refractivity contribution in [3.63, 3.8) is 0 Å². The molecule has 6 heteroatoms. The van der Waals surface area contributed by atoms with Crippen LogP contribution in [-0.2, 0) is 17.8 Å². The van der Waals surface area contributed by atoms with E-state index in [0.717, 1.165) is 30.2 Å². The summed E-state index contributed by atoms with van der Waals surface area (Å²) in [5.74, 6) is -0.145. The highest BCUT2D eigenvalue weighted by Crippen LogP contribution is 2.06. The fraction of sp³-hybridized carbons (Fsp3) is 0.385. The summed E-state index contributed by atoms with van der Waals surface area (Å²) < 4.78 is 0. The summed E-state index contributed by atoms with van der Waals surface area (Å²) in [5.41, 5.74) is 7.53. The van der Waals surface area contributed by atoms with E-state index in [2.05, 4.69) is 15.6 Å². The summed E-state index contributed by atoms with van der Waals surface area (Å²) in [6.45, 7) is 2.39. The highest BCUT2D eigenvalue weighted by Gasteiger charge is 2.11. The van der Waals surface area contributed by atoms with Crippen LogP contribution in [-0.4, -0.2) is 36.2 Å². The first-order valence-electron chi connectivity index (χ1n) is 6.23. The number of carboxylic acid groups (broad SMARTS) is 1. The maximum absolute atomic E-state index is 10.7. The van der Waals surface area contributed by atoms with Crippen LogP contribution in [0.25, 0.3) is 0 Å². The number of carbonyl (C=O) groups is 1. The molecule has 1 aromatic rings. The molecule has 0 radical (unpaired) electrons. The van der Waals surface area contributed by atoms with Crippen LogP contribution in [0.2, 0.25) is 0 Å². The number of hydrogen-bond acceptors (Lipinski definition) is 5.